The van der Waals surface area contributed by atoms with Crippen LogP contribution in [0.2, 0.25) is 0 Å². The first-order valence-electron chi connectivity index (χ1n) is 5.57. The highest BCUT2D eigenvalue weighted by Crippen LogP contribution is 2.20. The van der Waals surface area contributed by atoms with E-state index in [-0.39, 0.29) is 12.0 Å². The number of nitrogen functional groups attached to an aromatic ring is 1. The van der Waals surface area contributed by atoms with Crippen molar-refractivity contribution in [2.45, 2.75) is 31.8 Å². The van der Waals surface area contributed by atoms with Crippen LogP contribution in [0, 0.1) is 0 Å². The van der Waals surface area contributed by atoms with E-state index in [0.29, 0.717) is 11.3 Å². The highest BCUT2D eigenvalue weighted by Gasteiger charge is 2.17. The van der Waals surface area contributed by atoms with E-state index in [9.17, 15) is 4.79 Å². The largest absolute Gasteiger partial charge is 0.399 e. The lowest BCUT2D eigenvalue weighted by Gasteiger charge is -2.11. The van der Waals surface area contributed by atoms with Crippen LogP contribution in [0.3, 0.4) is 0 Å². The molecule has 4 nitrogen and oxygen atoms in total. The van der Waals surface area contributed by atoms with Gasteiger partial charge in [-0.05, 0) is 31.0 Å². The number of benzene rings is 1. The van der Waals surface area contributed by atoms with E-state index in [0.717, 1.165) is 12.8 Å². The zero-order valence-electron chi connectivity index (χ0n) is 9.11. The topological polar surface area (TPSA) is 64.4 Å². The molecular formula is C12H16N2O2. The Morgan fingerprint density at radius 2 is 2.12 bits per heavy atom. The number of nitrogens with two attached hydrogens (primary N) is 1. The summed E-state index contributed by atoms with van der Waals surface area (Å²) in [6.07, 6.45) is 4.58. The maximum atomic E-state index is 11.7. The molecule has 1 aromatic rings. The first kappa shape index (κ1) is 11.0. The molecule has 0 atom stereocenters. The fraction of sp³-hybridized carbons (Fsp3) is 0.417. The van der Waals surface area contributed by atoms with Crippen molar-refractivity contribution in [3.8, 4) is 0 Å². The van der Waals surface area contributed by atoms with Crippen LogP contribution in [0.4, 0.5) is 5.69 Å². The molecule has 3 N–H and O–H groups in total. The number of nitrogens with one attached hydrogen (secondary N) is 1. The van der Waals surface area contributed by atoms with Crippen molar-refractivity contribution in [2.75, 3.05) is 5.73 Å². The van der Waals surface area contributed by atoms with Gasteiger partial charge in [-0.15, -0.1) is 0 Å². The van der Waals surface area contributed by atoms with Crippen LogP contribution in [-0.2, 0) is 4.84 Å². The maximum absolute atomic E-state index is 11.7. The third-order valence-corrected chi connectivity index (χ3v) is 2.77. The fourth-order valence-corrected chi connectivity index (χ4v) is 1.88. The van der Waals surface area contributed by atoms with Crippen molar-refractivity contribution in [1.82, 2.24) is 5.48 Å². The molecule has 0 heterocycles. The van der Waals surface area contributed by atoms with Gasteiger partial charge in [0.15, 0.2) is 0 Å². The summed E-state index contributed by atoms with van der Waals surface area (Å²) in [7, 11) is 0. The summed E-state index contributed by atoms with van der Waals surface area (Å²) in [5, 5.41) is 0. The van der Waals surface area contributed by atoms with Crippen molar-refractivity contribution in [2.24, 2.45) is 0 Å². The monoisotopic (exact) mass is 220 g/mol. The standard InChI is InChI=1S/C12H16N2O2/c13-10-5-3-4-9(8-10)12(15)14-16-11-6-1-2-7-11/h3-5,8,11H,1-2,6-7,13H2,(H,14,15). The SMILES string of the molecule is Nc1cccc(C(=O)NOC2CCCC2)c1. The van der Waals surface area contributed by atoms with Gasteiger partial charge in [0.25, 0.3) is 5.91 Å². The Hall–Kier alpha value is -1.55. The van der Waals surface area contributed by atoms with Crippen molar-refractivity contribution < 1.29 is 9.63 Å². The summed E-state index contributed by atoms with van der Waals surface area (Å²) in [5.41, 5.74) is 9.17. The third-order valence-electron chi connectivity index (χ3n) is 2.77. The van der Waals surface area contributed by atoms with Crippen LogP contribution in [0.1, 0.15) is 36.0 Å². The Morgan fingerprint density at radius 1 is 1.38 bits per heavy atom. The Kier molecular flexibility index (Phi) is 3.41. The van der Waals surface area contributed by atoms with Gasteiger partial charge in [0.2, 0.25) is 0 Å². The van der Waals surface area contributed by atoms with Gasteiger partial charge in [-0.1, -0.05) is 18.9 Å². The number of hydrogen-bond donors (Lipinski definition) is 2. The minimum absolute atomic E-state index is 0.171. The number of anilines is 1. The molecule has 0 unspecified atom stereocenters. The van der Waals surface area contributed by atoms with Gasteiger partial charge >= 0.3 is 0 Å². The Bertz CT molecular complexity index is 373. The zero-order valence-corrected chi connectivity index (χ0v) is 9.11. The van der Waals surface area contributed by atoms with E-state index in [4.69, 9.17) is 10.6 Å². The molecule has 1 amide bonds. The van der Waals surface area contributed by atoms with E-state index >= 15 is 0 Å². The second kappa shape index (κ2) is 4.99. The zero-order chi connectivity index (χ0) is 11.4. The second-order valence-corrected chi connectivity index (χ2v) is 4.08. The highest BCUT2D eigenvalue weighted by atomic mass is 16.7. The first-order valence-corrected chi connectivity index (χ1v) is 5.57. The average molecular weight is 220 g/mol. The molecule has 1 saturated carbocycles. The molecule has 0 aromatic heterocycles. The molecule has 1 aromatic carbocycles. The lowest BCUT2D eigenvalue weighted by molar-refractivity contribution is -0.0124. The molecule has 1 fully saturated rings. The van der Waals surface area contributed by atoms with Crippen molar-refractivity contribution >= 4 is 11.6 Å². The van der Waals surface area contributed by atoms with Gasteiger partial charge in [-0.3, -0.25) is 9.63 Å². The van der Waals surface area contributed by atoms with E-state index in [2.05, 4.69) is 5.48 Å². The first-order chi connectivity index (χ1) is 7.75. The van der Waals surface area contributed by atoms with Crippen LogP contribution in [0.25, 0.3) is 0 Å². The molecule has 0 saturated heterocycles. The quantitative estimate of drug-likeness (QED) is 0.603. The second-order valence-electron chi connectivity index (χ2n) is 4.08. The summed E-state index contributed by atoms with van der Waals surface area (Å²) in [6.45, 7) is 0. The Labute approximate surface area is 94.7 Å². The third kappa shape index (κ3) is 2.73. The van der Waals surface area contributed by atoms with E-state index < -0.39 is 0 Å². The molecule has 86 valence electrons. The molecule has 0 spiro atoms. The van der Waals surface area contributed by atoms with Gasteiger partial charge in [0.05, 0.1) is 6.10 Å². The molecule has 4 heteroatoms. The number of hydroxylamine groups is 1. The summed E-state index contributed by atoms with van der Waals surface area (Å²) in [6, 6.07) is 6.84. The lowest BCUT2D eigenvalue weighted by Crippen LogP contribution is -2.28. The summed E-state index contributed by atoms with van der Waals surface area (Å²) in [5.74, 6) is -0.237. The molecular weight excluding hydrogens is 204 g/mol. The van der Waals surface area contributed by atoms with Crippen molar-refractivity contribution in [3.63, 3.8) is 0 Å². The summed E-state index contributed by atoms with van der Waals surface area (Å²) >= 11 is 0. The molecule has 1 aliphatic rings. The van der Waals surface area contributed by atoms with Gasteiger partial charge in [0.1, 0.15) is 0 Å². The van der Waals surface area contributed by atoms with Gasteiger partial charge in [-0.25, -0.2) is 5.48 Å². The normalized spacial score (nSPS) is 16.2. The van der Waals surface area contributed by atoms with E-state index in [1.54, 1.807) is 24.3 Å². The summed E-state index contributed by atoms with van der Waals surface area (Å²) in [4.78, 5) is 17.0. The number of carbonyl (C=O) groups is 1. The predicted octanol–water partition coefficient (Wildman–Crippen LogP) is 1.87. The molecule has 1 aliphatic carbocycles. The van der Waals surface area contributed by atoms with Crippen molar-refractivity contribution in [1.29, 1.82) is 0 Å². The van der Waals surface area contributed by atoms with Crippen molar-refractivity contribution in [3.05, 3.63) is 29.8 Å². The van der Waals surface area contributed by atoms with Crippen LogP contribution < -0.4 is 11.2 Å². The van der Waals surface area contributed by atoms with Crippen LogP contribution in [0.5, 0.6) is 0 Å². The number of hydrogen-bond acceptors (Lipinski definition) is 3. The minimum Gasteiger partial charge on any atom is -0.399 e. The molecule has 0 bridgehead atoms. The van der Waals surface area contributed by atoms with Crippen LogP contribution in [0.15, 0.2) is 24.3 Å². The van der Waals surface area contributed by atoms with E-state index in [1.807, 2.05) is 0 Å². The maximum Gasteiger partial charge on any atom is 0.274 e. The van der Waals surface area contributed by atoms with Crippen LogP contribution in [-0.4, -0.2) is 12.0 Å². The highest BCUT2D eigenvalue weighted by molar-refractivity contribution is 5.94. The lowest BCUT2D eigenvalue weighted by atomic mass is 10.2. The fourth-order valence-electron chi connectivity index (χ4n) is 1.88. The number of rotatable bonds is 3. The van der Waals surface area contributed by atoms with E-state index in [1.165, 1.54) is 12.8 Å². The smallest absolute Gasteiger partial charge is 0.274 e. The predicted molar refractivity (Wildman–Crippen MR) is 61.7 cm³/mol. The van der Waals surface area contributed by atoms with Crippen LogP contribution >= 0.6 is 0 Å². The Morgan fingerprint density at radius 3 is 2.81 bits per heavy atom. The van der Waals surface area contributed by atoms with Gasteiger partial charge in [-0.2, -0.15) is 0 Å². The molecule has 2 rings (SSSR count). The molecule has 0 aliphatic heterocycles. The number of amides is 1. The van der Waals surface area contributed by atoms with Gasteiger partial charge < -0.3 is 5.73 Å². The average Bonchev–Trinajstić information content (AvgIpc) is 2.78. The number of carbonyl (C=O) groups excluding carboxylic acids is 1. The summed E-state index contributed by atoms with van der Waals surface area (Å²) < 4.78 is 0. The molecule has 16 heavy (non-hydrogen) atoms. The molecule has 0 radical (unpaired) electrons. The Balaban J connectivity index is 1.87. The van der Waals surface area contributed by atoms with Gasteiger partial charge in [0, 0.05) is 11.3 Å². The minimum atomic E-state index is -0.237.